The van der Waals surface area contributed by atoms with Crippen LogP contribution in [0.3, 0.4) is 0 Å². The number of benzene rings is 1. The molecular formula is C12H18N2O2. The van der Waals surface area contributed by atoms with E-state index in [0.29, 0.717) is 18.8 Å². The first-order chi connectivity index (χ1) is 7.65. The third-order valence-corrected chi connectivity index (χ3v) is 2.47. The van der Waals surface area contributed by atoms with Crippen LogP contribution >= 0.6 is 0 Å². The van der Waals surface area contributed by atoms with Gasteiger partial charge in [-0.3, -0.25) is 0 Å². The molecule has 3 N–H and O–H groups in total. The number of anilines is 1. The van der Waals surface area contributed by atoms with Gasteiger partial charge in [-0.1, -0.05) is 31.5 Å². The fourth-order valence-corrected chi connectivity index (χ4v) is 1.48. The number of amides is 1. The Balaban J connectivity index is 2.68. The Morgan fingerprint density at radius 1 is 1.44 bits per heavy atom. The summed E-state index contributed by atoms with van der Waals surface area (Å²) in [4.78, 5) is 12.4. The fourth-order valence-electron chi connectivity index (χ4n) is 1.48. The van der Waals surface area contributed by atoms with Gasteiger partial charge in [-0.2, -0.15) is 0 Å². The van der Waals surface area contributed by atoms with Crippen molar-refractivity contribution < 1.29 is 9.90 Å². The Kier molecular flexibility index (Phi) is 4.64. The summed E-state index contributed by atoms with van der Waals surface area (Å²) in [5.41, 5.74) is 7.28. The van der Waals surface area contributed by atoms with Gasteiger partial charge >= 0.3 is 6.09 Å². The van der Waals surface area contributed by atoms with Crippen molar-refractivity contribution in [2.24, 2.45) is 0 Å². The highest BCUT2D eigenvalue weighted by Crippen LogP contribution is 2.13. The third kappa shape index (κ3) is 3.46. The van der Waals surface area contributed by atoms with E-state index in [-0.39, 0.29) is 0 Å². The molecule has 0 fully saturated rings. The molecular weight excluding hydrogens is 204 g/mol. The SMILES string of the molecule is CCCCN(Cc1ccccc1N)C(=O)O. The van der Waals surface area contributed by atoms with Gasteiger partial charge in [-0.05, 0) is 18.1 Å². The Labute approximate surface area is 95.7 Å². The molecule has 0 saturated heterocycles. The molecule has 0 aliphatic rings. The molecule has 0 heterocycles. The summed E-state index contributed by atoms with van der Waals surface area (Å²) in [5.74, 6) is 0. The quantitative estimate of drug-likeness (QED) is 0.752. The summed E-state index contributed by atoms with van der Waals surface area (Å²) in [6.45, 7) is 2.96. The molecule has 0 saturated carbocycles. The molecule has 0 atom stereocenters. The van der Waals surface area contributed by atoms with Crippen molar-refractivity contribution in [2.75, 3.05) is 12.3 Å². The molecule has 0 unspecified atom stereocenters. The van der Waals surface area contributed by atoms with Crippen LogP contribution in [0.1, 0.15) is 25.3 Å². The Bertz CT molecular complexity index is 353. The van der Waals surface area contributed by atoms with E-state index in [9.17, 15) is 4.79 Å². The summed E-state index contributed by atoms with van der Waals surface area (Å²) < 4.78 is 0. The molecule has 1 rings (SSSR count). The zero-order valence-electron chi connectivity index (χ0n) is 9.52. The molecule has 4 heteroatoms. The molecule has 0 spiro atoms. The van der Waals surface area contributed by atoms with Crippen LogP contribution in [0.4, 0.5) is 10.5 Å². The third-order valence-electron chi connectivity index (χ3n) is 2.47. The van der Waals surface area contributed by atoms with Crippen LogP contribution in [0, 0.1) is 0 Å². The summed E-state index contributed by atoms with van der Waals surface area (Å²) in [7, 11) is 0. The first kappa shape index (κ1) is 12.4. The maximum Gasteiger partial charge on any atom is 0.407 e. The minimum Gasteiger partial charge on any atom is -0.465 e. The Morgan fingerprint density at radius 3 is 2.69 bits per heavy atom. The van der Waals surface area contributed by atoms with Crippen molar-refractivity contribution >= 4 is 11.8 Å². The second kappa shape index (κ2) is 6.00. The molecule has 4 nitrogen and oxygen atoms in total. The standard InChI is InChI=1S/C12H18N2O2/c1-2-3-8-14(12(15)16)9-10-6-4-5-7-11(10)13/h4-7H,2-3,8-9,13H2,1H3,(H,15,16). The molecule has 0 bridgehead atoms. The van der Waals surface area contributed by atoms with Gasteiger partial charge in [0.1, 0.15) is 0 Å². The minimum atomic E-state index is -0.892. The number of para-hydroxylation sites is 1. The highest BCUT2D eigenvalue weighted by molar-refractivity contribution is 5.65. The normalized spacial score (nSPS) is 10.1. The van der Waals surface area contributed by atoms with Gasteiger partial charge in [0, 0.05) is 12.2 Å². The van der Waals surface area contributed by atoms with Crippen molar-refractivity contribution in [3.8, 4) is 0 Å². The van der Waals surface area contributed by atoms with Gasteiger partial charge in [-0.15, -0.1) is 0 Å². The Hall–Kier alpha value is -1.71. The van der Waals surface area contributed by atoms with E-state index in [0.717, 1.165) is 18.4 Å². The van der Waals surface area contributed by atoms with Gasteiger partial charge in [0.15, 0.2) is 0 Å². The average Bonchev–Trinajstić information content (AvgIpc) is 2.26. The number of carboxylic acid groups (broad SMARTS) is 1. The number of hydrogen-bond donors (Lipinski definition) is 2. The second-order valence-electron chi connectivity index (χ2n) is 3.76. The lowest BCUT2D eigenvalue weighted by atomic mass is 10.1. The van der Waals surface area contributed by atoms with Crippen LogP contribution in [-0.4, -0.2) is 22.6 Å². The smallest absolute Gasteiger partial charge is 0.407 e. The van der Waals surface area contributed by atoms with Gasteiger partial charge in [0.2, 0.25) is 0 Å². The number of unbranched alkanes of at least 4 members (excludes halogenated alkanes) is 1. The van der Waals surface area contributed by atoms with Crippen molar-refractivity contribution in [2.45, 2.75) is 26.3 Å². The topological polar surface area (TPSA) is 66.6 Å². The van der Waals surface area contributed by atoms with Crippen LogP contribution in [0.5, 0.6) is 0 Å². The monoisotopic (exact) mass is 222 g/mol. The van der Waals surface area contributed by atoms with E-state index in [1.54, 1.807) is 6.07 Å². The number of nitrogens with two attached hydrogens (primary N) is 1. The molecule has 0 aliphatic carbocycles. The first-order valence-corrected chi connectivity index (χ1v) is 5.46. The molecule has 1 amide bonds. The second-order valence-corrected chi connectivity index (χ2v) is 3.76. The van der Waals surface area contributed by atoms with Crippen LogP contribution < -0.4 is 5.73 Å². The lowest BCUT2D eigenvalue weighted by molar-refractivity contribution is 0.141. The molecule has 16 heavy (non-hydrogen) atoms. The van der Waals surface area contributed by atoms with Crippen molar-refractivity contribution in [3.63, 3.8) is 0 Å². The van der Waals surface area contributed by atoms with Crippen LogP contribution in [0.15, 0.2) is 24.3 Å². The molecule has 0 aromatic heterocycles. The summed E-state index contributed by atoms with van der Waals surface area (Å²) >= 11 is 0. The number of nitrogen functional groups attached to an aromatic ring is 1. The van der Waals surface area contributed by atoms with Gasteiger partial charge in [0.25, 0.3) is 0 Å². The van der Waals surface area contributed by atoms with Gasteiger partial charge in [0.05, 0.1) is 6.54 Å². The highest BCUT2D eigenvalue weighted by Gasteiger charge is 2.12. The van der Waals surface area contributed by atoms with E-state index >= 15 is 0 Å². The maximum absolute atomic E-state index is 11.0. The van der Waals surface area contributed by atoms with Crippen molar-refractivity contribution in [3.05, 3.63) is 29.8 Å². The maximum atomic E-state index is 11.0. The zero-order valence-corrected chi connectivity index (χ0v) is 9.52. The van der Waals surface area contributed by atoms with E-state index in [1.807, 2.05) is 25.1 Å². The number of hydrogen-bond acceptors (Lipinski definition) is 2. The predicted octanol–water partition coefficient (Wildman–Crippen LogP) is 2.55. The number of nitrogens with zero attached hydrogens (tertiary/aromatic N) is 1. The fraction of sp³-hybridized carbons (Fsp3) is 0.417. The van der Waals surface area contributed by atoms with Crippen LogP contribution in [0.2, 0.25) is 0 Å². The Morgan fingerprint density at radius 2 is 2.12 bits per heavy atom. The predicted molar refractivity (Wildman–Crippen MR) is 64.2 cm³/mol. The van der Waals surface area contributed by atoms with Crippen LogP contribution in [-0.2, 0) is 6.54 Å². The molecule has 0 radical (unpaired) electrons. The van der Waals surface area contributed by atoms with Crippen molar-refractivity contribution in [1.82, 2.24) is 4.90 Å². The number of rotatable bonds is 5. The van der Waals surface area contributed by atoms with Crippen molar-refractivity contribution in [1.29, 1.82) is 0 Å². The molecule has 88 valence electrons. The van der Waals surface area contributed by atoms with E-state index in [4.69, 9.17) is 10.8 Å². The van der Waals surface area contributed by atoms with E-state index in [1.165, 1.54) is 4.90 Å². The summed E-state index contributed by atoms with van der Waals surface area (Å²) in [6, 6.07) is 7.36. The summed E-state index contributed by atoms with van der Waals surface area (Å²) in [6.07, 6.45) is 0.962. The highest BCUT2D eigenvalue weighted by atomic mass is 16.4. The number of carbonyl (C=O) groups is 1. The average molecular weight is 222 g/mol. The van der Waals surface area contributed by atoms with Crippen LogP contribution in [0.25, 0.3) is 0 Å². The largest absolute Gasteiger partial charge is 0.465 e. The van der Waals surface area contributed by atoms with E-state index < -0.39 is 6.09 Å². The molecule has 1 aromatic carbocycles. The molecule has 0 aliphatic heterocycles. The first-order valence-electron chi connectivity index (χ1n) is 5.46. The lowest BCUT2D eigenvalue weighted by Crippen LogP contribution is -2.30. The van der Waals surface area contributed by atoms with Gasteiger partial charge in [-0.25, -0.2) is 4.79 Å². The molecule has 1 aromatic rings. The summed E-state index contributed by atoms with van der Waals surface area (Å²) in [5, 5.41) is 9.04. The minimum absolute atomic E-state index is 0.363. The van der Waals surface area contributed by atoms with E-state index in [2.05, 4.69) is 0 Å². The van der Waals surface area contributed by atoms with Gasteiger partial charge < -0.3 is 15.7 Å². The lowest BCUT2D eigenvalue weighted by Gasteiger charge is -2.19. The zero-order chi connectivity index (χ0) is 12.0.